The summed E-state index contributed by atoms with van der Waals surface area (Å²) in [6.45, 7) is 2.22. The van der Waals surface area contributed by atoms with Gasteiger partial charge in [0.1, 0.15) is 0 Å². The predicted octanol–water partition coefficient (Wildman–Crippen LogP) is 4.12. The van der Waals surface area contributed by atoms with Crippen LogP contribution in [-0.2, 0) is 9.63 Å². The highest BCUT2D eigenvalue weighted by molar-refractivity contribution is 5.68. The second kappa shape index (κ2) is 10.4. The quantitative estimate of drug-likeness (QED) is 0.497. The highest BCUT2D eigenvalue weighted by Gasteiger charge is 2.14. The van der Waals surface area contributed by atoms with Gasteiger partial charge in [-0.3, -0.25) is 4.79 Å². The molecule has 0 amide bonds. The molecular weight excluding hydrogens is 226 g/mol. The molecule has 0 aromatic rings. The van der Waals surface area contributed by atoms with Crippen LogP contribution in [0.1, 0.15) is 84.0 Å². The van der Waals surface area contributed by atoms with Gasteiger partial charge >= 0.3 is 5.97 Å². The van der Waals surface area contributed by atoms with Crippen molar-refractivity contribution in [1.29, 1.82) is 0 Å². The number of hydrogen-bond donors (Lipinski definition) is 1. The van der Waals surface area contributed by atoms with E-state index in [2.05, 4.69) is 12.4 Å². The Morgan fingerprint density at radius 3 is 2.44 bits per heavy atom. The van der Waals surface area contributed by atoms with E-state index < -0.39 is 0 Å². The molecule has 0 spiro atoms. The maximum absolute atomic E-state index is 11.5. The first-order valence-corrected chi connectivity index (χ1v) is 7.78. The Bertz CT molecular complexity index is 213. The molecular formula is C15H29NO2. The number of unbranched alkanes of at least 4 members (excludes halogenated alkanes) is 5. The van der Waals surface area contributed by atoms with Gasteiger partial charge in [0.2, 0.25) is 0 Å². The molecule has 0 radical (unpaired) electrons. The molecule has 0 aliphatic heterocycles. The van der Waals surface area contributed by atoms with Crippen molar-refractivity contribution in [3.63, 3.8) is 0 Å². The summed E-state index contributed by atoms with van der Waals surface area (Å²) in [4.78, 5) is 16.6. The first-order chi connectivity index (χ1) is 8.83. The summed E-state index contributed by atoms with van der Waals surface area (Å²) in [5.74, 6) is -0.0870. The van der Waals surface area contributed by atoms with Gasteiger partial charge in [-0.2, -0.15) is 5.48 Å². The molecule has 0 heterocycles. The lowest BCUT2D eigenvalue weighted by Gasteiger charge is -2.21. The van der Waals surface area contributed by atoms with Crippen LogP contribution in [-0.4, -0.2) is 12.0 Å². The molecule has 1 aliphatic carbocycles. The zero-order chi connectivity index (χ0) is 13.1. The SMILES string of the molecule is CCCCCCCCC(=O)ONC1CCCCC1. The van der Waals surface area contributed by atoms with Gasteiger partial charge in [-0.1, -0.05) is 58.3 Å². The fourth-order valence-electron chi connectivity index (χ4n) is 2.47. The van der Waals surface area contributed by atoms with Crippen LogP contribution in [0.25, 0.3) is 0 Å². The van der Waals surface area contributed by atoms with Crippen LogP contribution in [0.2, 0.25) is 0 Å². The molecule has 0 bridgehead atoms. The summed E-state index contributed by atoms with van der Waals surface area (Å²) in [5, 5.41) is 0. The second-order valence-corrected chi connectivity index (χ2v) is 5.44. The zero-order valence-corrected chi connectivity index (χ0v) is 11.9. The van der Waals surface area contributed by atoms with Gasteiger partial charge in [0.25, 0.3) is 0 Å². The molecule has 106 valence electrons. The van der Waals surface area contributed by atoms with E-state index in [1.54, 1.807) is 0 Å². The van der Waals surface area contributed by atoms with Crippen molar-refractivity contribution in [2.24, 2.45) is 0 Å². The lowest BCUT2D eigenvalue weighted by atomic mass is 9.96. The number of carbonyl (C=O) groups excluding carboxylic acids is 1. The minimum atomic E-state index is -0.0870. The minimum Gasteiger partial charge on any atom is -0.370 e. The molecule has 1 fully saturated rings. The summed E-state index contributed by atoms with van der Waals surface area (Å²) in [6, 6.07) is 0.396. The summed E-state index contributed by atoms with van der Waals surface area (Å²) in [6.07, 6.45) is 13.9. The molecule has 0 unspecified atom stereocenters. The van der Waals surface area contributed by atoms with Crippen molar-refractivity contribution < 1.29 is 9.63 Å². The average Bonchev–Trinajstić information content (AvgIpc) is 2.41. The van der Waals surface area contributed by atoms with Gasteiger partial charge in [-0.15, -0.1) is 0 Å². The van der Waals surface area contributed by atoms with Crippen LogP contribution in [0.5, 0.6) is 0 Å². The summed E-state index contributed by atoms with van der Waals surface area (Å²) < 4.78 is 0. The van der Waals surface area contributed by atoms with Gasteiger partial charge in [0, 0.05) is 12.5 Å². The van der Waals surface area contributed by atoms with Gasteiger partial charge in [-0.05, 0) is 19.3 Å². The van der Waals surface area contributed by atoms with E-state index in [9.17, 15) is 4.79 Å². The summed E-state index contributed by atoms with van der Waals surface area (Å²) in [7, 11) is 0. The van der Waals surface area contributed by atoms with Crippen LogP contribution in [0, 0.1) is 0 Å². The predicted molar refractivity (Wildman–Crippen MR) is 74.1 cm³/mol. The van der Waals surface area contributed by atoms with E-state index in [1.807, 2.05) is 0 Å². The van der Waals surface area contributed by atoms with E-state index in [0.29, 0.717) is 12.5 Å². The van der Waals surface area contributed by atoms with E-state index in [1.165, 1.54) is 44.9 Å². The van der Waals surface area contributed by atoms with Gasteiger partial charge in [0.15, 0.2) is 0 Å². The normalized spacial score (nSPS) is 16.7. The average molecular weight is 255 g/mol. The van der Waals surface area contributed by atoms with Crippen molar-refractivity contribution in [2.75, 3.05) is 0 Å². The van der Waals surface area contributed by atoms with E-state index in [-0.39, 0.29) is 5.97 Å². The van der Waals surface area contributed by atoms with Crippen LogP contribution in [0.3, 0.4) is 0 Å². The van der Waals surface area contributed by atoms with Crippen molar-refractivity contribution in [3.05, 3.63) is 0 Å². The van der Waals surface area contributed by atoms with Crippen LogP contribution >= 0.6 is 0 Å². The summed E-state index contributed by atoms with van der Waals surface area (Å²) in [5.41, 5.74) is 2.93. The van der Waals surface area contributed by atoms with Crippen molar-refractivity contribution in [1.82, 2.24) is 5.48 Å². The number of rotatable bonds is 9. The van der Waals surface area contributed by atoms with Crippen LogP contribution < -0.4 is 5.48 Å². The van der Waals surface area contributed by atoms with Crippen molar-refractivity contribution >= 4 is 5.97 Å². The first-order valence-electron chi connectivity index (χ1n) is 7.78. The van der Waals surface area contributed by atoms with Crippen molar-refractivity contribution in [3.8, 4) is 0 Å². The minimum absolute atomic E-state index is 0.0870. The summed E-state index contributed by atoms with van der Waals surface area (Å²) >= 11 is 0. The lowest BCUT2D eigenvalue weighted by molar-refractivity contribution is -0.153. The lowest BCUT2D eigenvalue weighted by Crippen LogP contribution is -2.33. The fourth-order valence-corrected chi connectivity index (χ4v) is 2.47. The fraction of sp³-hybridized carbons (Fsp3) is 0.933. The number of carbonyl (C=O) groups is 1. The van der Waals surface area contributed by atoms with Crippen LogP contribution in [0.15, 0.2) is 0 Å². The Balaban J connectivity index is 1.90. The van der Waals surface area contributed by atoms with E-state index in [0.717, 1.165) is 25.7 Å². The molecule has 1 saturated carbocycles. The van der Waals surface area contributed by atoms with Gasteiger partial charge in [-0.25, -0.2) is 0 Å². The highest BCUT2D eigenvalue weighted by Crippen LogP contribution is 2.17. The van der Waals surface area contributed by atoms with E-state index in [4.69, 9.17) is 4.84 Å². The standard InChI is InChI=1S/C15H29NO2/c1-2-3-4-5-6-10-13-15(17)18-16-14-11-8-7-9-12-14/h14,16H,2-13H2,1H3. The third-order valence-corrected chi connectivity index (χ3v) is 3.68. The molecule has 18 heavy (non-hydrogen) atoms. The Labute approximate surface area is 112 Å². The maximum atomic E-state index is 11.5. The topological polar surface area (TPSA) is 38.3 Å². The number of hydroxylamine groups is 1. The molecule has 1 aliphatic rings. The highest BCUT2D eigenvalue weighted by atomic mass is 16.7. The molecule has 0 aromatic heterocycles. The maximum Gasteiger partial charge on any atom is 0.324 e. The molecule has 1 N–H and O–H groups in total. The van der Waals surface area contributed by atoms with Crippen molar-refractivity contribution in [2.45, 2.75) is 90.0 Å². The zero-order valence-electron chi connectivity index (χ0n) is 11.9. The monoisotopic (exact) mass is 255 g/mol. The van der Waals surface area contributed by atoms with E-state index >= 15 is 0 Å². The second-order valence-electron chi connectivity index (χ2n) is 5.44. The number of hydrogen-bond acceptors (Lipinski definition) is 3. The Hall–Kier alpha value is -0.570. The van der Waals surface area contributed by atoms with Gasteiger partial charge in [0.05, 0.1) is 0 Å². The van der Waals surface area contributed by atoms with Gasteiger partial charge < -0.3 is 4.84 Å². The molecule has 0 saturated heterocycles. The molecule has 3 nitrogen and oxygen atoms in total. The van der Waals surface area contributed by atoms with Crippen LogP contribution in [0.4, 0.5) is 0 Å². The number of nitrogens with one attached hydrogen (secondary N) is 1. The Morgan fingerprint density at radius 2 is 1.72 bits per heavy atom. The molecule has 0 aromatic carbocycles. The first kappa shape index (κ1) is 15.5. The largest absolute Gasteiger partial charge is 0.370 e. The molecule has 3 heteroatoms. The smallest absolute Gasteiger partial charge is 0.324 e. The third kappa shape index (κ3) is 7.70. The Kier molecular flexibility index (Phi) is 8.92. The molecule has 0 atom stereocenters. The Morgan fingerprint density at radius 1 is 1.06 bits per heavy atom. The molecule has 1 rings (SSSR count). The third-order valence-electron chi connectivity index (χ3n) is 3.68.